The van der Waals surface area contributed by atoms with Gasteiger partial charge in [-0.2, -0.15) is 0 Å². The topological polar surface area (TPSA) is 79.5 Å². The molecule has 0 spiro atoms. The quantitative estimate of drug-likeness (QED) is 0.164. The normalized spacial score (nSPS) is 14.7. The fourth-order valence-electron chi connectivity index (χ4n) is 4.31. The van der Waals surface area contributed by atoms with E-state index in [2.05, 4.69) is 67.2 Å². The van der Waals surface area contributed by atoms with Gasteiger partial charge in [-0.05, 0) is 55.2 Å². The van der Waals surface area contributed by atoms with Crippen LogP contribution in [0.1, 0.15) is 86.7 Å². The number of aromatic nitrogens is 3. The van der Waals surface area contributed by atoms with Crippen LogP contribution in [0.25, 0.3) is 10.4 Å². The van der Waals surface area contributed by atoms with E-state index in [0.717, 1.165) is 37.8 Å². The maximum Gasteiger partial charge on any atom is 0.0859 e. The molecule has 0 N–H and O–H groups in total. The first-order valence-electron chi connectivity index (χ1n) is 13.3. The first kappa shape index (κ1) is 27.0. The zero-order valence-corrected chi connectivity index (χ0v) is 21.4. The lowest BCUT2D eigenvalue weighted by atomic mass is 10.0. The Morgan fingerprint density at radius 3 is 1.97 bits per heavy atom. The van der Waals surface area contributed by atoms with E-state index in [4.69, 9.17) is 5.53 Å². The fourth-order valence-corrected chi connectivity index (χ4v) is 4.31. The maximum absolute atomic E-state index is 7.99. The molecule has 2 aromatic carbocycles. The standard InChI is InChI=1S/C15H19N3.C8H12.C7H7N3/c1-2-7-11-15-14(10-6-1)16-17-18(15)12-13-8-4-3-5-9-13;1-2-4-6-8-7-5-3-1;8-10-9-6-7-4-2-1-3-5-7/h3-5,8-9H,1-2,6-7,10-12H2;1-6H2;1-5H,6H2. The van der Waals surface area contributed by atoms with Crippen LogP contribution < -0.4 is 0 Å². The molecule has 2 aliphatic rings. The molecule has 6 heteroatoms. The number of fused-ring (bicyclic) bond motifs is 1. The molecule has 3 aromatic rings. The second-order valence-corrected chi connectivity index (χ2v) is 9.18. The molecule has 5 rings (SSSR count). The Balaban J connectivity index is 0.000000169. The molecular formula is C30H38N6. The van der Waals surface area contributed by atoms with E-state index in [9.17, 15) is 0 Å². The lowest BCUT2D eigenvalue weighted by molar-refractivity contribution is 0.574. The molecule has 0 amide bonds. The van der Waals surface area contributed by atoms with Crippen LogP contribution in [0, 0.1) is 11.8 Å². The second-order valence-electron chi connectivity index (χ2n) is 9.18. The molecule has 0 unspecified atom stereocenters. The van der Waals surface area contributed by atoms with Gasteiger partial charge in [-0.1, -0.05) is 96.7 Å². The minimum absolute atomic E-state index is 0.442. The molecule has 0 atom stereocenters. The lowest BCUT2D eigenvalue weighted by Crippen LogP contribution is -2.08. The van der Waals surface area contributed by atoms with E-state index in [1.165, 1.54) is 68.3 Å². The van der Waals surface area contributed by atoms with Crippen molar-refractivity contribution in [3.8, 4) is 11.8 Å². The predicted octanol–water partition coefficient (Wildman–Crippen LogP) is 7.83. The van der Waals surface area contributed by atoms with Crippen LogP contribution in [0.15, 0.2) is 65.8 Å². The summed E-state index contributed by atoms with van der Waals surface area (Å²) in [7, 11) is 0. The van der Waals surface area contributed by atoms with Gasteiger partial charge in [0.25, 0.3) is 0 Å². The third-order valence-electron chi connectivity index (χ3n) is 6.31. The summed E-state index contributed by atoms with van der Waals surface area (Å²) in [4.78, 5) is 2.66. The van der Waals surface area contributed by atoms with Gasteiger partial charge < -0.3 is 0 Å². The summed E-state index contributed by atoms with van der Waals surface area (Å²) in [6.07, 6.45) is 15.2. The number of hydrogen-bond acceptors (Lipinski definition) is 3. The minimum atomic E-state index is 0.442. The molecular weight excluding hydrogens is 444 g/mol. The molecule has 188 valence electrons. The van der Waals surface area contributed by atoms with Crippen LogP contribution in [-0.4, -0.2) is 15.0 Å². The number of azide groups is 1. The lowest BCUT2D eigenvalue weighted by Gasteiger charge is -2.11. The fraction of sp³-hybridized carbons (Fsp3) is 0.467. The smallest absolute Gasteiger partial charge is 0.0859 e. The summed E-state index contributed by atoms with van der Waals surface area (Å²) in [5.41, 5.74) is 12.9. The third kappa shape index (κ3) is 10.4. The van der Waals surface area contributed by atoms with Gasteiger partial charge in [0.15, 0.2) is 0 Å². The van der Waals surface area contributed by atoms with Gasteiger partial charge in [0.05, 0.1) is 24.5 Å². The largest absolute Gasteiger partial charge is 0.245 e. The Hall–Kier alpha value is -3.55. The molecule has 0 bridgehead atoms. The van der Waals surface area contributed by atoms with E-state index in [-0.39, 0.29) is 0 Å². The van der Waals surface area contributed by atoms with Gasteiger partial charge in [-0.25, -0.2) is 4.68 Å². The van der Waals surface area contributed by atoms with Crippen molar-refractivity contribution < 1.29 is 0 Å². The molecule has 36 heavy (non-hydrogen) atoms. The van der Waals surface area contributed by atoms with E-state index < -0.39 is 0 Å². The zero-order valence-electron chi connectivity index (χ0n) is 21.4. The van der Waals surface area contributed by atoms with Gasteiger partial charge in [-0.15, -0.1) is 16.9 Å². The van der Waals surface area contributed by atoms with Crippen LogP contribution in [-0.2, 0) is 25.9 Å². The van der Waals surface area contributed by atoms with Crippen LogP contribution in [0.2, 0.25) is 0 Å². The van der Waals surface area contributed by atoms with Gasteiger partial charge in [-0.3, -0.25) is 0 Å². The molecule has 0 saturated carbocycles. The summed E-state index contributed by atoms with van der Waals surface area (Å²) in [6.45, 7) is 1.29. The average molecular weight is 483 g/mol. The van der Waals surface area contributed by atoms with Crippen LogP contribution in [0.3, 0.4) is 0 Å². The van der Waals surface area contributed by atoms with Crippen molar-refractivity contribution in [2.75, 3.05) is 0 Å². The number of rotatable bonds is 4. The molecule has 6 nitrogen and oxygen atoms in total. The van der Waals surface area contributed by atoms with E-state index in [1.807, 2.05) is 30.3 Å². The number of aryl methyl sites for hydroxylation is 1. The molecule has 2 aliphatic carbocycles. The number of nitrogens with zero attached hydrogens (tertiary/aromatic N) is 6. The number of hydrogen-bond donors (Lipinski definition) is 0. The van der Waals surface area contributed by atoms with Gasteiger partial charge >= 0.3 is 0 Å². The Morgan fingerprint density at radius 2 is 1.33 bits per heavy atom. The van der Waals surface area contributed by atoms with Crippen molar-refractivity contribution in [3.63, 3.8) is 0 Å². The van der Waals surface area contributed by atoms with Crippen LogP contribution >= 0.6 is 0 Å². The molecule has 0 radical (unpaired) electrons. The highest BCUT2D eigenvalue weighted by molar-refractivity contribution is 5.18. The first-order chi connectivity index (χ1) is 17.9. The van der Waals surface area contributed by atoms with Gasteiger partial charge in [0.2, 0.25) is 0 Å². The maximum atomic E-state index is 7.99. The van der Waals surface area contributed by atoms with Gasteiger partial charge in [0.1, 0.15) is 0 Å². The second kappa shape index (κ2) is 17.0. The van der Waals surface area contributed by atoms with Gasteiger partial charge in [0, 0.05) is 17.8 Å². The van der Waals surface area contributed by atoms with Crippen molar-refractivity contribution in [1.82, 2.24) is 15.0 Å². The summed E-state index contributed by atoms with van der Waals surface area (Å²) in [6, 6.07) is 20.1. The summed E-state index contributed by atoms with van der Waals surface area (Å²) in [5.74, 6) is 6.27. The van der Waals surface area contributed by atoms with E-state index >= 15 is 0 Å². The Morgan fingerprint density at radius 1 is 0.750 bits per heavy atom. The first-order valence-corrected chi connectivity index (χ1v) is 13.3. The molecule has 0 aliphatic heterocycles. The van der Waals surface area contributed by atoms with Crippen LogP contribution in [0.4, 0.5) is 0 Å². The van der Waals surface area contributed by atoms with Crippen LogP contribution in [0.5, 0.6) is 0 Å². The molecule has 0 saturated heterocycles. The average Bonchev–Trinajstić information content (AvgIpc) is 3.24. The third-order valence-corrected chi connectivity index (χ3v) is 6.31. The number of benzene rings is 2. The van der Waals surface area contributed by atoms with Crippen molar-refractivity contribution in [3.05, 3.63) is 93.6 Å². The van der Waals surface area contributed by atoms with Crippen molar-refractivity contribution >= 4 is 0 Å². The highest BCUT2D eigenvalue weighted by atomic mass is 15.4. The minimum Gasteiger partial charge on any atom is -0.245 e. The SMILES string of the molecule is C1#CCCCCCC1.[N-]=[N+]=NCc1ccccc1.c1ccc(Cn2nnc3c2CCCCCC3)cc1. The highest BCUT2D eigenvalue weighted by Gasteiger charge is 2.14. The predicted molar refractivity (Wildman–Crippen MR) is 146 cm³/mol. The van der Waals surface area contributed by atoms with Crippen molar-refractivity contribution in [2.24, 2.45) is 5.11 Å². The zero-order chi connectivity index (χ0) is 25.1. The molecule has 1 aromatic heterocycles. The van der Waals surface area contributed by atoms with E-state index in [0.29, 0.717) is 6.54 Å². The van der Waals surface area contributed by atoms with E-state index in [1.54, 1.807) is 0 Å². The Kier molecular flexibility index (Phi) is 12.8. The van der Waals surface area contributed by atoms with Crippen molar-refractivity contribution in [1.29, 1.82) is 0 Å². The summed E-state index contributed by atoms with van der Waals surface area (Å²) in [5, 5.41) is 12.1. The highest BCUT2D eigenvalue weighted by Crippen LogP contribution is 2.19. The summed E-state index contributed by atoms with van der Waals surface area (Å²) >= 11 is 0. The molecule has 0 fully saturated rings. The monoisotopic (exact) mass is 482 g/mol. The molecule has 1 heterocycles. The van der Waals surface area contributed by atoms with Crippen molar-refractivity contribution in [2.45, 2.75) is 90.1 Å². The Labute approximate surface area is 215 Å². The Bertz CT molecular complexity index is 1090. The summed E-state index contributed by atoms with van der Waals surface area (Å²) < 4.78 is 2.09.